The fourth-order valence-electron chi connectivity index (χ4n) is 2.59. The average molecular weight is 531 g/mol. The van der Waals surface area contributed by atoms with E-state index in [2.05, 4.69) is 30.7 Å². The largest absolute Gasteiger partial charge is 0.306 e. The van der Waals surface area contributed by atoms with Crippen LogP contribution in [0, 0.1) is 0 Å². The molecule has 3 aromatic rings. The van der Waals surface area contributed by atoms with Crippen molar-refractivity contribution in [3.8, 4) is 0 Å². The van der Waals surface area contributed by atoms with Crippen LogP contribution in [0.1, 0.15) is 28.7 Å². The van der Waals surface area contributed by atoms with Crippen LogP contribution in [0.4, 0.5) is 0 Å². The number of halogens is 3. The Morgan fingerprint density at radius 3 is 2.55 bits per heavy atom. The van der Waals surface area contributed by atoms with E-state index in [1.54, 1.807) is 17.8 Å². The SMILES string of the molecule is CCn1c(CSCc2ccc(Cl)cc2Cl)nnc1SCC(=O)c1ccc(Br)cc1. The van der Waals surface area contributed by atoms with Crippen molar-refractivity contribution in [1.82, 2.24) is 14.8 Å². The molecule has 4 nitrogen and oxygen atoms in total. The third-order valence-electron chi connectivity index (χ3n) is 4.11. The van der Waals surface area contributed by atoms with Crippen molar-refractivity contribution in [2.24, 2.45) is 0 Å². The van der Waals surface area contributed by atoms with Gasteiger partial charge in [0.25, 0.3) is 0 Å². The molecular weight excluding hydrogens is 513 g/mol. The van der Waals surface area contributed by atoms with Gasteiger partial charge in [-0.25, -0.2) is 0 Å². The van der Waals surface area contributed by atoms with E-state index < -0.39 is 0 Å². The summed E-state index contributed by atoms with van der Waals surface area (Å²) in [4.78, 5) is 12.4. The molecule has 0 saturated heterocycles. The Morgan fingerprint density at radius 2 is 1.86 bits per heavy atom. The van der Waals surface area contributed by atoms with E-state index in [4.69, 9.17) is 23.2 Å². The molecule has 0 aliphatic rings. The Morgan fingerprint density at radius 1 is 1.10 bits per heavy atom. The molecule has 9 heteroatoms. The summed E-state index contributed by atoms with van der Waals surface area (Å²) in [6, 6.07) is 12.9. The Kier molecular flexibility index (Phi) is 8.50. The number of hydrogen-bond donors (Lipinski definition) is 0. The zero-order valence-electron chi connectivity index (χ0n) is 15.6. The first kappa shape index (κ1) is 22.7. The van der Waals surface area contributed by atoms with E-state index in [1.165, 1.54) is 11.8 Å². The first-order valence-electron chi connectivity index (χ1n) is 8.83. The number of ketones is 1. The first-order valence-corrected chi connectivity index (χ1v) is 12.5. The Balaban J connectivity index is 1.58. The maximum Gasteiger partial charge on any atom is 0.191 e. The normalized spacial score (nSPS) is 11.0. The second-order valence-corrected chi connectivity index (χ2v) is 9.78. The van der Waals surface area contributed by atoms with Gasteiger partial charge in [0.2, 0.25) is 0 Å². The number of aromatic nitrogens is 3. The van der Waals surface area contributed by atoms with Crippen LogP contribution in [-0.2, 0) is 18.1 Å². The predicted octanol–water partition coefficient (Wildman–Crippen LogP) is 6.78. The molecule has 0 aliphatic heterocycles. The summed E-state index contributed by atoms with van der Waals surface area (Å²) >= 11 is 18.7. The minimum atomic E-state index is 0.0708. The van der Waals surface area contributed by atoms with E-state index in [-0.39, 0.29) is 5.78 Å². The highest BCUT2D eigenvalue weighted by Gasteiger charge is 2.14. The van der Waals surface area contributed by atoms with Crippen molar-refractivity contribution < 1.29 is 4.79 Å². The summed E-state index contributed by atoms with van der Waals surface area (Å²) in [6.45, 7) is 2.80. The summed E-state index contributed by atoms with van der Waals surface area (Å²) in [5.74, 6) is 2.76. The maximum atomic E-state index is 12.4. The average Bonchev–Trinajstić information content (AvgIpc) is 3.10. The smallest absolute Gasteiger partial charge is 0.191 e. The van der Waals surface area contributed by atoms with E-state index in [0.29, 0.717) is 27.1 Å². The number of rotatable bonds is 9. The Labute approximate surface area is 196 Å². The van der Waals surface area contributed by atoms with Crippen molar-refractivity contribution in [2.75, 3.05) is 5.75 Å². The summed E-state index contributed by atoms with van der Waals surface area (Å²) in [7, 11) is 0. The van der Waals surface area contributed by atoms with Gasteiger partial charge < -0.3 is 4.57 Å². The lowest BCUT2D eigenvalue weighted by Crippen LogP contribution is -2.06. The summed E-state index contributed by atoms with van der Waals surface area (Å²) < 4.78 is 3.00. The molecule has 0 saturated carbocycles. The van der Waals surface area contributed by atoms with E-state index in [9.17, 15) is 4.79 Å². The molecule has 0 aliphatic carbocycles. The molecule has 0 unspecified atom stereocenters. The van der Waals surface area contributed by atoms with Gasteiger partial charge in [-0.05, 0) is 36.8 Å². The number of thioether (sulfide) groups is 2. The molecular formula is C20H18BrCl2N3OS2. The van der Waals surface area contributed by atoms with Crippen LogP contribution in [0.3, 0.4) is 0 Å². The molecule has 152 valence electrons. The molecule has 0 amide bonds. The zero-order valence-corrected chi connectivity index (χ0v) is 20.3. The summed E-state index contributed by atoms with van der Waals surface area (Å²) in [5, 5.41) is 10.7. The number of hydrogen-bond acceptors (Lipinski definition) is 5. The quantitative estimate of drug-likeness (QED) is 0.225. The Hall–Kier alpha value is -0.990. The van der Waals surface area contributed by atoms with Gasteiger partial charge in [-0.2, -0.15) is 0 Å². The number of carbonyl (C=O) groups excluding carboxylic acids is 1. The molecule has 0 N–H and O–H groups in total. The van der Waals surface area contributed by atoms with Gasteiger partial charge >= 0.3 is 0 Å². The van der Waals surface area contributed by atoms with Gasteiger partial charge in [-0.1, -0.05) is 69.1 Å². The van der Waals surface area contributed by atoms with Crippen molar-refractivity contribution in [2.45, 2.75) is 30.1 Å². The van der Waals surface area contributed by atoms with Crippen LogP contribution in [0.2, 0.25) is 10.0 Å². The number of nitrogens with zero attached hydrogens (tertiary/aromatic N) is 3. The van der Waals surface area contributed by atoms with Crippen LogP contribution in [-0.4, -0.2) is 26.3 Å². The van der Waals surface area contributed by atoms with Crippen LogP contribution >= 0.6 is 62.7 Å². The molecule has 2 aromatic carbocycles. The molecule has 0 bridgehead atoms. The molecule has 29 heavy (non-hydrogen) atoms. The van der Waals surface area contributed by atoms with Gasteiger partial charge in [0.15, 0.2) is 10.9 Å². The summed E-state index contributed by atoms with van der Waals surface area (Å²) in [6.07, 6.45) is 0. The zero-order chi connectivity index (χ0) is 20.8. The highest BCUT2D eigenvalue weighted by molar-refractivity contribution is 9.10. The first-order chi connectivity index (χ1) is 14.0. The van der Waals surface area contributed by atoms with Crippen LogP contribution < -0.4 is 0 Å². The lowest BCUT2D eigenvalue weighted by Gasteiger charge is -2.08. The minimum absolute atomic E-state index is 0.0708. The van der Waals surface area contributed by atoms with Gasteiger partial charge in [-0.15, -0.1) is 22.0 Å². The molecule has 1 heterocycles. The minimum Gasteiger partial charge on any atom is -0.306 e. The second kappa shape index (κ2) is 10.9. The van der Waals surface area contributed by atoms with Crippen molar-refractivity contribution in [1.29, 1.82) is 0 Å². The van der Waals surface area contributed by atoms with Gasteiger partial charge in [0.1, 0.15) is 5.82 Å². The topological polar surface area (TPSA) is 47.8 Å². The third kappa shape index (κ3) is 6.25. The molecule has 0 spiro atoms. The van der Waals surface area contributed by atoms with Crippen LogP contribution in [0.5, 0.6) is 0 Å². The van der Waals surface area contributed by atoms with Gasteiger partial charge in [0.05, 0.1) is 11.5 Å². The molecule has 0 radical (unpaired) electrons. The highest BCUT2D eigenvalue weighted by atomic mass is 79.9. The number of carbonyl (C=O) groups is 1. The monoisotopic (exact) mass is 529 g/mol. The molecule has 3 rings (SSSR count). The lowest BCUT2D eigenvalue weighted by atomic mass is 10.2. The molecule has 0 atom stereocenters. The van der Waals surface area contributed by atoms with Gasteiger partial charge in [0, 0.05) is 32.4 Å². The highest BCUT2D eigenvalue weighted by Crippen LogP contribution is 2.27. The van der Waals surface area contributed by atoms with Crippen LogP contribution in [0.25, 0.3) is 0 Å². The fourth-order valence-corrected chi connectivity index (χ4v) is 5.29. The fraction of sp³-hybridized carbons (Fsp3) is 0.250. The molecule has 1 aromatic heterocycles. The summed E-state index contributed by atoms with van der Waals surface area (Å²) in [5.41, 5.74) is 1.73. The van der Waals surface area contributed by atoms with Crippen molar-refractivity contribution in [3.63, 3.8) is 0 Å². The van der Waals surface area contributed by atoms with Crippen molar-refractivity contribution in [3.05, 3.63) is 73.9 Å². The molecule has 0 fully saturated rings. The number of benzene rings is 2. The van der Waals surface area contributed by atoms with E-state index in [1.807, 2.05) is 43.3 Å². The maximum absolute atomic E-state index is 12.4. The third-order valence-corrected chi connectivity index (χ3v) is 7.17. The van der Waals surface area contributed by atoms with E-state index >= 15 is 0 Å². The number of Topliss-reactive ketones (excluding diaryl/α,β-unsaturated/α-hetero) is 1. The van der Waals surface area contributed by atoms with Crippen molar-refractivity contribution >= 4 is 68.4 Å². The standard InChI is InChI=1S/C20H18BrCl2N3OS2/c1-2-26-19(12-28-10-14-5-8-16(22)9-17(14)23)24-25-20(26)29-11-18(27)13-3-6-15(21)7-4-13/h3-9H,2,10-12H2,1H3. The Bertz CT molecular complexity index is 996. The second-order valence-electron chi connectivity index (χ2n) is 6.09. The van der Waals surface area contributed by atoms with E-state index in [0.717, 1.165) is 33.3 Å². The van der Waals surface area contributed by atoms with Crippen LogP contribution in [0.15, 0.2) is 52.1 Å². The van der Waals surface area contributed by atoms with Gasteiger partial charge in [-0.3, -0.25) is 4.79 Å². The predicted molar refractivity (Wildman–Crippen MR) is 126 cm³/mol. The lowest BCUT2D eigenvalue weighted by molar-refractivity contribution is 0.102.